The molecule has 0 amide bonds. The smallest absolute Gasteiger partial charge is 0.0700 e. The highest BCUT2D eigenvalue weighted by molar-refractivity contribution is 5.08. The molecule has 0 saturated carbocycles. The van der Waals surface area contributed by atoms with E-state index in [1.165, 1.54) is 5.69 Å². The van der Waals surface area contributed by atoms with E-state index in [1.54, 1.807) is 0 Å². The van der Waals surface area contributed by atoms with E-state index in [0.717, 1.165) is 25.3 Å². The Labute approximate surface area is 90.6 Å². The van der Waals surface area contributed by atoms with Crippen LogP contribution in [0.1, 0.15) is 24.7 Å². The molecular weight excluding hydrogens is 190 g/mol. The van der Waals surface area contributed by atoms with Gasteiger partial charge >= 0.3 is 0 Å². The normalized spacial score (nSPS) is 26.1. The molecule has 4 heteroatoms. The van der Waals surface area contributed by atoms with Crippen molar-refractivity contribution in [2.45, 2.75) is 39.0 Å². The maximum Gasteiger partial charge on any atom is 0.0700 e. The van der Waals surface area contributed by atoms with Gasteiger partial charge in [0.25, 0.3) is 0 Å². The third kappa shape index (κ3) is 2.38. The summed E-state index contributed by atoms with van der Waals surface area (Å²) in [6.45, 7) is 5.89. The molecule has 2 heterocycles. The number of nitrogens with one attached hydrogen (secondary N) is 1. The average molecular weight is 209 g/mol. The Morgan fingerprint density at radius 2 is 2.47 bits per heavy atom. The Hall–Kier alpha value is -0.870. The van der Waals surface area contributed by atoms with Gasteiger partial charge in [-0.15, -0.1) is 0 Å². The molecule has 84 valence electrons. The molecule has 1 N–H and O–H groups in total. The van der Waals surface area contributed by atoms with E-state index in [2.05, 4.69) is 23.4 Å². The molecule has 1 aromatic rings. The maximum absolute atomic E-state index is 5.50. The second-order valence-corrected chi connectivity index (χ2v) is 4.25. The first kappa shape index (κ1) is 10.6. The van der Waals surface area contributed by atoms with E-state index in [4.69, 9.17) is 4.74 Å². The third-order valence-corrected chi connectivity index (χ3v) is 3.02. The Bertz CT molecular complexity index is 335. The van der Waals surface area contributed by atoms with E-state index < -0.39 is 0 Å². The topological polar surface area (TPSA) is 39.1 Å². The zero-order valence-electron chi connectivity index (χ0n) is 9.66. The van der Waals surface area contributed by atoms with Crippen LogP contribution in [-0.4, -0.2) is 28.5 Å². The zero-order valence-corrected chi connectivity index (χ0v) is 9.66. The van der Waals surface area contributed by atoms with Crippen molar-refractivity contribution in [3.63, 3.8) is 0 Å². The lowest BCUT2D eigenvalue weighted by Crippen LogP contribution is -2.34. The van der Waals surface area contributed by atoms with Crippen LogP contribution in [0.25, 0.3) is 0 Å². The van der Waals surface area contributed by atoms with Crippen LogP contribution in [0.15, 0.2) is 6.07 Å². The van der Waals surface area contributed by atoms with Crippen LogP contribution in [-0.2, 0) is 18.3 Å². The molecule has 1 aromatic heterocycles. The first-order valence-corrected chi connectivity index (χ1v) is 5.51. The molecule has 4 nitrogen and oxygen atoms in total. The van der Waals surface area contributed by atoms with Gasteiger partial charge in [0, 0.05) is 26.2 Å². The van der Waals surface area contributed by atoms with Crippen molar-refractivity contribution in [2.75, 3.05) is 6.61 Å². The third-order valence-electron chi connectivity index (χ3n) is 3.02. The molecular formula is C11H19N3O. The van der Waals surface area contributed by atoms with Gasteiger partial charge in [0.2, 0.25) is 0 Å². The van der Waals surface area contributed by atoms with Crippen molar-refractivity contribution in [1.29, 1.82) is 0 Å². The van der Waals surface area contributed by atoms with Crippen LogP contribution in [0.4, 0.5) is 0 Å². The lowest BCUT2D eigenvalue weighted by Gasteiger charge is -2.15. The van der Waals surface area contributed by atoms with Crippen LogP contribution in [0.3, 0.4) is 0 Å². The molecule has 0 spiro atoms. The predicted molar refractivity (Wildman–Crippen MR) is 58.6 cm³/mol. The van der Waals surface area contributed by atoms with Crippen LogP contribution in [0, 0.1) is 6.92 Å². The van der Waals surface area contributed by atoms with Gasteiger partial charge in [-0.25, -0.2) is 0 Å². The summed E-state index contributed by atoms with van der Waals surface area (Å²) in [7, 11) is 1.98. The minimum absolute atomic E-state index is 0.333. The summed E-state index contributed by atoms with van der Waals surface area (Å²) in [5, 5.41) is 7.84. The minimum Gasteiger partial charge on any atom is -0.377 e. The van der Waals surface area contributed by atoms with Crippen LogP contribution >= 0.6 is 0 Å². The SMILES string of the molecule is Cc1cc(CNC2CCOC2C)n(C)n1. The Balaban J connectivity index is 1.90. The van der Waals surface area contributed by atoms with Crippen molar-refractivity contribution in [3.05, 3.63) is 17.5 Å². The lowest BCUT2D eigenvalue weighted by atomic mass is 10.1. The van der Waals surface area contributed by atoms with E-state index >= 15 is 0 Å². The number of rotatable bonds is 3. The maximum atomic E-state index is 5.50. The van der Waals surface area contributed by atoms with Crippen molar-refractivity contribution in [2.24, 2.45) is 7.05 Å². The Morgan fingerprint density at radius 3 is 3.00 bits per heavy atom. The highest BCUT2D eigenvalue weighted by atomic mass is 16.5. The first-order chi connectivity index (χ1) is 7.16. The van der Waals surface area contributed by atoms with Crippen molar-refractivity contribution >= 4 is 0 Å². The first-order valence-electron chi connectivity index (χ1n) is 5.51. The number of ether oxygens (including phenoxy) is 1. The van der Waals surface area contributed by atoms with Crippen LogP contribution in [0.2, 0.25) is 0 Å². The number of aromatic nitrogens is 2. The molecule has 2 atom stereocenters. The number of hydrogen-bond acceptors (Lipinski definition) is 3. The number of hydrogen-bond donors (Lipinski definition) is 1. The quantitative estimate of drug-likeness (QED) is 0.807. The molecule has 2 unspecified atom stereocenters. The van der Waals surface area contributed by atoms with Crippen LogP contribution < -0.4 is 5.32 Å². The number of aryl methyl sites for hydroxylation is 2. The van der Waals surface area contributed by atoms with Gasteiger partial charge in [0.15, 0.2) is 0 Å². The fourth-order valence-corrected chi connectivity index (χ4v) is 2.07. The molecule has 1 aliphatic heterocycles. The lowest BCUT2D eigenvalue weighted by molar-refractivity contribution is 0.113. The van der Waals surface area contributed by atoms with Gasteiger partial charge in [-0.2, -0.15) is 5.10 Å². The summed E-state index contributed by atoms with van der Waals surface area (Å²) in [6, 6.07) is 2.60. The highest BCUT2D eigenvalue weighted by Crippen LogP contribution is 2.13. The standard InChI is InChI=1S/C11H19N3O/c1-8-6-10(14(3)13-8)7-12-11-4-5-15-9(11)2/h6,9,11-12H,4-5,7H2,1-3H3. The highest BCUT2D eigenvalue weighted by Gasteiger charge is 2.23. The van der Waals surface area contributed by atoms with Crippen molar-refractivity contribution < 1.29 is 4.74 Å². The second-order valence-electron chi connectivity index (χ2n) is 4.25. The summed E-state index contributed by atoms with van der Waals surface area (Å²) in [4.78, 5) is 0. The van der Waals surface area contributed by atoms with E-state index in [0.29, 0.717) is 12.1 Å². The van der Waals surface area contributed by atoms with Gasteiger partial charge in [-0.05, 0) is 26.3 Å². The molecule has 0 bridgehead atoms. The van der Waals surface area contributed by atoms with Gasteiger partial charge in [-0.3, -0.25) is 4.68 Å². The molecule has 2 rings (SSSR count). The van der Waals surface area contributed by atoms with Crippen LogP contribution in [0.5, 0.6) is 0 Å². The van der Waals surface area contributed by atoms with Gasteiger partial charge in [0.1, 0.15) is 0 Å². The van der Waals surface area contributed by atoms with Crippen molar-refractivity contribution in [1.82, 2.24) is 15.1 Å². The van der Waals surface area contributed by atoms with Gasteiger partial charge in [0.05, 0.1) is 17.5 Å². The summed E-state index contributed by atoms with van der Waals surface area (Å²) < 4.78 is 7.44. The summed E-state index contributed by atoms with van der Waals surface area (Å²) >= 11 is 0. The molecule has 0 radical (unpaired) electrons. The van der Waals surface area contributed by atoms with E-state index in [9.17, 15) is 0 Å². The zero-order chi connectivity index (χ0) is 10.8. The largest absolute Gasteiger partial charge is 0.377 e. The monoisotopic (exact) mass is 209 g/mol. The fourth-order valence-electron chi connectivity index (χ4n) is 2.07. The molecule has 1 saturated heterocycles. The summed E-state index contributed by atoms with van der Waals surface area (Å²) in [6.07, 6.45) is 1.44. The molecule has 1 fully saturated rings. The average Bonchev–Trinajstić information content (AvgIpc) is 2.70. The molecule has 0 aliphatic carbocycles. The predicted octanol–water partition coefficient (Wildman–Crippen LogP) is 0.996. The second kappa shape index (κ2) is 4.33. The molecule has 1 aliphatic rings. The van der Waals surface area contributed by atoms with E-state index in [-0.39, 0.29) is 0 Å². The Kier molecular flexibility index (Phi) is 3.07. The fraction of sp³-hybridized carbons (Fsp3) is 0.727. The van der Waals surface area contributed by atoms with Crippen molar-refractivity contribution in [3.8, 4) is 0 Å². The minimum atomic E-state index is 0.333. The van der Waals surface area contributed by atoms with E-state index in [1.807, 2.05) is 18.7 Å². The molecule has 0 aromatic carbocycles. The van der Waals surface area contributed by atoms with Gasteiger partial charge in [-0.1, -0.05) is 0 Å². The molecule has 15 heavy (non-hydrogen) atoms. The van der Waals surface area contributed by atoms with Gasteiger partial charge < -0.3 is 10.1 Å². The Morgan fingerprint density at radius 1 is 1.67 bits per heavy atom. The summed E-state index contributed by atoms with van der Waals surface area (Å²) in [5.74, 6) is 0. The summed E-state index contributed by atoms with van der Waals surface area (Å²) in [5.41, 5.74) is 2.30. The number of nitrogens with zero attached hydrogens (tertiary/aromatic N) is 2.